The maximum Gasteiger partial charge on any atom is 0.407 e. The number of hydrogen-bond donors (Lipinski definition) is 2. The minimum Gasteiger partial charge on any atom is -0.491 e. The monoisotopic (exact) mass is 444 g/mol. The summed E-state index contributed by atoms with van der Waals surface area (Å²) in [7, 11) is 1.64. The van der Waals surface area contributed by atoms with E-state index in [0.717, 1.165) is 35.4 Å². The number of fused-ring (bicyclic) bond motifs is 3. The van der Waals surface area contributed by atoms with Crippen LogP contribution < -0.4 is 15.4 Å². The molecular weight excluding hydrogens is 412 g/mol. The van der Waals surface area contributed by atoms with Crippen LogP contribution in [0.15, 0.2) is 18.2 Å². The summed E-state index contributed by atoms with van der Waals surface area (Å²) in [6, 6.07) is 5.77. The SMILES string of the molecule is COCCOc1ccc2c(c1)nc(NCCCCNC(=O)OC(C)(C)C)c1nnc(C)n12. The zero-order chi connectivity index (χ0) is 23.1. The molecule has 0 bridgehead atoms. The van der Waals surface area contributed by atoms with E-state index in [1.165, 1.54) is 0 Å². The molecule has 0 radical (unpaired) electrons. The third kappa shape index (κ3) is 6.19. The first kappa shape index (κ1) is 23.5. The molecule has 2 aromatic heterocycles. The van der Waals surface area contributed by atoms with E-state index in [2.05, 4.69) is 20.8 Å². The molecule has 1 amide bonds. The van der Waals surface area contributed by atoms with Gasteiger partial charge in [0.1, 0.15) is 23.8 Å². The second kappa shape index (κ2) is 10.4. The van der Waals surface area contributed by atoms with Crippen LogP contribution in [0.5, 0.6) is 5.75 Å². The molecule has 0 aliphatic rings. The van der Waals surface area contributed by atoms with E-state index < -0.39 is 11.7 Å². The smallest absolute Gasteiger partial charge is 0.407 e. The second-order valence-corrected chi connectivity index (χ2v) is 8.42. The molecule has 0 aliphatic heterocycles. The number of nitrogens with one attached hydrogen (secondary N) is 2. The lowest BCUT2D eigenvalue weighted by molar-refractivity contribution is 0.0527. The van der Waals surface area contributed by atoms with E-state index in [0.29, 0.717) is 37.8 Å². The number of unbranched alkanes of at least 4 members (excludes halogenated alkanes) is 1. The molecule has 2 heterocycles. The molecule has 10 nitrogen and oxygen atoms in total. The Morgan fingerprint density at radius 2 is 1.91 bits per heavy atom. The van der Waals surface area contributed by atoms with Crippen molar-refractivity contribution in [2.45, 2.75) is 46.1 Å². The highest BCUT2D eigenvalue weighted by molar-refractivity contribution is 5.84. The molecule has 3 aromatic rings. The van der Waals surface area contributed by atoms with Crippen LogP contribution >= 0.6 is 0 Å². The summed E-state index contributed by atoms with van der Waals surface area (Å²) in [5.41, 5.74) is 1.87. The number of amides is 1. The maximum absolute atomic E-state index is 11.7. The Hall–Kier alpha value is -3.14. The van der Waals surface area contributed by atoms with Crippen molar-refractivity contribution in [3.63, 3.8) is 0 Å². The maximum atomic E-state index is 11.7. The molecule has 0 unspecified atom stereocenters. The number of aryl methyl sites for hydroxylation is 1. The standard InChI is InChI=1S/C22H32N6O4/c1-15-26-27-20-19(23-10-6-7-11-24-21(29)32-22(2,3)4)25-17-14-16(31-13-12-30-5)8-9-18(17)28(15)20/h8-9,14H,6-7,10-13H2,1-5H3,(H,23,25)(H,24,29). The van der Waals surface area contributed by atoms with Crippen molar-refractivity contribution in [2.75, 3.05) is 38.7 Å². The summed E-state index contributed by atoms with van der Waals surface area (Å²) < 4.78 is 18.0. The second-order valence-electron chi connectivity index (χ2n) is 8.42. The lowest BCUT2D eigenvalue weighted by Crippen LogP contribution is -2.33. The van der Waals surface area contributed by atoms with Gasteiger partial charge < -0.3 is 24.8 Å². The predicted molar refractivity (Wildman–Crippen MR) is 122 cm³/mol. The van der Waals surface area contributed by atoms with Gasteiger partial charge in [0.2, 0.25) is 5.65 Å². The Morgan fingerprint density at radius 3 is 2.66 bits per heavy atom. The number of alkyl carbamates (subject to hydrolysis) is 1. The van der Waals surface area contributed by atoms with Crippen molar-refractivity contribution in [1.29, 1.82) is 0 Å². The molecule has 0 fully saturated rings. The zero-order valence-corrected chi connectivity index (χ0v) is 19.4. The largest absolute Gasteiger partial charge is 0.491 e. The van der Waals surface area contributed by atoms with Crippen molar-refractivity contribution >= 4 is 28.6 Å². The van der Waals surface area contributed by atoms with Crippen LogP contribution in [0, 0.1) is 6.92 Å². The van der Waals surface area contributed by atoms with Crippen LogP contribution in [0.3, 0.4) is 0 Å². The van der Waals surface area contributed by atoms with Crippen LogP contribution in [-0.4, -0.2) is 64.7 Å². The van der Waals surface area contributed by atoms with E-state index in [1.807, 2.05) is 50.3 Å². The molecule has 0 aliphatic carbocycles. The topological polar surface area (TPSA) is 112 Å². The number of benzene rings is 1. The fourth-order valence-electron chi connectivity index (χ4n) is 3.17. The van der Waals surface area contributed by atoms with E-state index in [9.17, 15) is 4.79 Å². The number of carbonyl (C=O) groups excluding carboxylic acids is 1. The van der Waals surface area contributed by atoms with Gasteiger partial charge in [-0.3, -0.25) is 4.40 Å². The summed E-state index contributed by atoms with van der Waals surface area (Å²) >= 11 is 0. The number of anilines is 1. The van der Waals surface area contributed by atoms with Crippen molar-refractivity contribution in [3.05, 3.63) is 24.0 Å². The van der Waals surface area contributed by atoms with E-state index in [-0.39, 0.29) is 0 Å². The average Bonchev–Trinajstić information content (AvgIpc) is 3.11. The Labute approximate surface area is 187 Å². The van der Waals surface area contributed by atoms with Crippen LogP contribution in [0.4, 0.5) is 10.6 Å². The van der Waals surface area contributed by atoms with E-state index in [4.69, 9.17) is 19.2 Å². The molecule has 1 aromatic carbocycles. The highest BCUT2D eigenvalue weighted by Crippen LogP contribution is 2.25. The van der Waals surface area contributed by atoms with Crippen molar-refractivity contribution in [2.24, 2.45) is 0 Å². The van der Waals surface area contributed by atoms with Gasteiger partial charge in [0.05, 0.1) is 17.6 Å². The van der Waals surface area contributed by atoms with Crippen molar-refractivity contribution in [3.8, 4) is 5.75 Å². The first-order chi connectivity index (χ1) is 15.3. The quantitative estimate of drug-likeness (QED) is 0.458. The number of rotatable bonds is 10. The Kier molecular flexibility index (Phi) is 7.68. The highest BCUT2D eigenvalue weighted by Gasteiger charge is 2.16. The Balaban J connectivity index is 1.63. The van der Waals surface area contributed by atoms with Gasteiger partial charge in [0.15, 0.2) is 5.82 Å². The fourth-order valence-corrected chi connectivity index (χ4v) is 3.17. The average molecular weight is 445 g/mol. The van der Waals surface area contributed by atoms with Gasteiger partial charge in [-0.15, -0.1) is 10.2 Å². The minimum atomic E-state index is -0.496. The first-order valence-corrected chi connectivity index (χ1v) is 10.8. The van der Waals surface area contributed by atoms with Gasteiger partial charge in [-0.2, -0.15) is 0 Å². The molecule has 174 valence electrons. The molecule has 0 saturated carbocycles. The van der Waals surface area contributed by atoms with Gasteiger partial charge in [-0.1, -0.05) is 0 Å². The molecular formula is C22H32N6O4. The van der Waals surface area contributed by atoms with Crippen molar-refractivity contribution in [1.82, 2.24) is 24.9 Å². The summed E-state index contributed by atoms with van der Waals surface area (Å²) in [6.07, 6.45) is 1.25. The van der Waals surface area contributed by atoms with Gasteiger partial charge >= 0.3 is 6.09 Å². The zero-order valence-electron chi connectivity index (χ0n) is 19.4. The number of nitrogens with zero attached hydrogens (tertiary/aromatic N) is 4. The number of carbonyl (C=O) groups is 1. The van der Waals surface area contributed by atoms with Crippen LogP contribution in [0.1, 0.15) is 39.4 Å². The van der Waals surface area contributed by atoms with Crippen LogP contribution in [0.2, 0.25) is 0 Å². The normalized spacial score (nSPS) is 11.7. The Morgan fingerprint density at radius 1 is 1.12 bits per heavy atom. The van der Waals surface area contributed by atoms with Crippen LogP contribution in [-0.2, 0) is 9.47 Å². The van der Waals surface area contributed by atoms with E-state index >= 15 is 0 Å². The molecule has 2 N–H and O–H groups in total. The summed E-state index contributed by atoms with van der Waals surface area (Å²) in [5, 5.41) is 14.6. The number of hydrogen-bond acceptors (Lipinski definition) is 8. The van der Waals surface area contributed by atoms with E-state index in [1.54, 1.807) is 7.11 Å². The molecule has 0 saturated heterocycles. The molecule has 32 heavy (non-hydrogen) atoms. The first-order valence-electron chi connectivity index (χ1n) is 10.8. The molecule has 10 heteroatoms. The third-order valence-electron chi connectivity index (χ3n) is 4.58. The van der Waals surface area contributed by atoms with Gasteiger partial charge in [0.25, 0.3) is 0 Å². The molecule has 0 atom stereocenters. The number of methoxy groups -OCH3 is 1. The Bertz CT molecular complexity index is 1060. The van der Waals surface area contributed by atoms with Crippen molar-refractivity contribution < 1.29 is 19.0 Å². The molecule has 3 rings (SSSR count). The number of ether oxygens (including phenoxy) is 3. The fraction of sp³-hybridized carbons (Fsp3) is 0.545. The van der Waals surface area contributed by atoms with Crippen LogP contribution in [0.25, 0.3) is 16.7 Å². The lowest BCUT2D eigenvalue weighted by Gasteiger charge is -2.19. The summed E-state index contributed by atoms with van der Waals surface area (Å²) in [6.45, 7) is 9.65. The number of aromatic nitrogens is 4. The highest BCUT2D eigenvalue weighted by atomic mass is 16.6. The van der Waals surface area contributed by atoms with Gasteiger partial charge in [-0.05, 0) is 52.7 Å². The van der Waals surface area contributed by atoms with Gasteiger partial charge in [-0.25, -0.2) is 9.78 Å². The predicted octanol–water partition coefficient (Wildman–Crippen LogP) is 3.33. The third-order valence-corrected chi connectivity index (χ3v) is 4.58. The van der Waals surface area contributed by atoms with Gasteiger partial charge in [0, 0.05) is 26.3 Å². The minimum absolute atomic E-state index is 0.397. The summed E-state index contributed by atoms with van der Waals surface area (Å²) in [5.74, 6) is 2.17. The summed E-state index contributed by atoms with van der Waals surface area (Å²) in [4.78, 5) is 16.5. The molecule has 0 spiro atoms. The lowest BCUT2D eigenvalue weighted by atomic mass is 10.2.